The second-order valence-electron chi connectivity index (χ2n) is 8.41. The highest BCUT2D eigenvalue weighted by Crippen LogP contribution is 2.47. The van der Waals surface area contributed by atoms with Gasteiger partial charge in [-0.15, -0.1) is 0 Å². The molecule has 0 heterocycles. The van der Waals surface area contributed by atoms with Crippen LogP contribution in [0.2, 0.25) is 10.0 Å². The van der Waals surface area contributed by atoms with Gasteiger partial charge < -0.3 is 9.84 Å². The lowest BCUT2D eigenvalue weighted by Gasteiger charge is -2.44. The predicted octanol–water partition coefficient (Wildman–Crippen LogP) is 6.37. The van der Waals surface area contributed by atoms with Gasteiger partial charge >= 0.3 is 5.97 Å². The number of carboxylic acids is 1. The van der Waals surface area contributed by atoms with Crippen molar-refractivity contribution < 1.29 is 19.4 Å². The Bertz CT molecular complexity index is 802. The van der Waals surface area contributed by atoms with Gasteiger partial charge in [0.2, 0.25) is 0 Å². The van der Waals surface area contributed by atoms with Crippen molar-refractivity contribution in [2.45, 2.75) is 59.8 Å². The number of rotatable bonds is 8. The molecule has 1 aliphatic carbocycles. The minimum atomic E-state index is -1.06. The predicted molar refractivity (Wildman–Crippen MR) is 117 cm³/mol. The van der Waals surface area contributed by atoms with E-state index in [4.69, 9.17) is 33.0 Å². The summed E-state index contributed by atoms with van der Waals surface area (Å²) in [6, 6.07) is 3.25. The number of aliphatic carboxylic acids is 1. The minimum Gasteiger partial charge on any atom is -0.480 e. The van der Waals surface area contributed by atoms with E-state index in [-0.39, 0.29) is 11.3 Å². The zero-order valence-corrected chi connectivity index (χ0v) is 19.1. The molecule has 1 aromatic rings. The molecule has 29 heavy (non-hydrogen) atoms. The Balaban J connectivity index is 2.07. The molecular weight excluding hydrogens is 411 g/mol. The molecular formula is C23H30Cl2O4. The highest BCUT2D eigenvalue weighted by atomic mass is 35.5. The van der Waals surface area contributed by atoms with Gasteiger partial charge in [-0.3, -0.25) is 4.79 Å². The van der Waals surface area contributed by atoms with E-state index in [0.29, 0.717) is 40.3 Å². The van der Waals surface area contributed by atoms with Gasteiger partial charge in [0.25, 0.3) is 0 Å². The molecule has 0 radical (unpaired) electrons. The van der Waals surface area contributed by atoms with Crippen molar-refractivity contribution >= 4 is 35.0 Å². The molecule has 0 unspecified atom stereocenters. The Morgan fingerprint density at radius 3 is 2.69 bits per heavy atom. The molecule has 1 fully saturated rings. The van der Waals surface area contributed by atoms with E-state index in [1.165, 1.54) is 5.57 Å². The maximum Gasteiger partial charge on any atom is 0.341 e. The average molecular weight is 441 g/mol. The van der Waals surface area contributed by atoms with Gasteiger partial charge in [0.15, 0.2) is 6.61 Å². The fourth-order valence-corrected chi connectivity index (χ4v) is 4.60. The van der Waals surface area contributed by atoms with Crippen LogP contribution in [0.3, 0.4) is 0 Å². The number of benzene rings is 1. The molecule has 1 N–H and O–H groups in total. The second-order valence-corrected chi connectivity index (χ2v) is 9.19. The summed E-state index contributed by atoms with van der Waals surface area (Å²) in [6.45, 7) is 8.19. The Labute approximate surface area is 183 Å². The van der Waals surface area contributed by atoms with Crippen LogP contribution in [-0.4, -0.2) is 23.5 Å². The van der Waals surface area contributed by atoms with E-state index in [1.807, 2.05) is 0 Å². The van der Waals surface area contributed by atoms with Crippen molar-refractivity contribution in [1.29, 1.82) is 0 Å². The Kier molecular flexibility index (Phi) is 8.18. The number of ether oxygens (including phenoxy) is 1. The number of ketones is 1. The van der Waals surface area contributed by atoms with Crippen LogP contribution in [-0.2, 0) is 16.0 Å². The maximum absolute atomic E-state index is 12.2. The fourth-order valence-electron chi connectivity index (χ4n) is 4.02. The SMILES string of the molecule is CC(=CCc1c(Cl)ccc(OCC(=O)O)c1Cl)CC[C@@]1(C)[C@H](C)C(=O)CC[C@@H]1C. The van der Waals surface area contributed by atoms with Gasteiger partial charge in [-0.05, 0) is 61.6 Å². The smallest absolute Gasteiger partial charge is 0.341 e. The van der Waals surface area contributed by atoms with Crippen LogP contribution in [0.15, 0.2) is 23.8 Å². The third-order valence-corrected chi connectivity index (χ3v) is 7.40. The van der Waals surface area contributed by atoms with Crippen molar-refractivity contribution in [1.82, 2.24) is 0 Å². The molecule has 3 atom stereocenters. The lowest BCUT2D eigenvalue weighted by atomic mass is 9.59. The quantitative estimate of drug-likeness (QED) is 0.477. The van der Waals surface area contributed by atoms with Crippen molar-refractivity contribution in [2.24, 2.45) is 17.3 Å². The largest absolute Gasteiger partial charge is 0.480 e. The standard InChI is InChI=1S/C23H30Cl2O4/c1-14(11-12-23(4)15(2)6-9-19(26)16(23)3)5-7-17-18(24)8-10-20(22(17)25)29-13-21(27)28/h5,8,10,15-16H,6-7,9,11-13H2,1-4H3,(H,27,28)/t15-,16+,23+/m0/s1. The third-order valence-electron chi connectivity index (χ3n) is 6.64. The van der Waals surface area contributed by atoms with Crippen molar-refractivity contribution in [3.8, 4) is 5.75 Å². The topological polar surface area (TPSA) is 63.6 Å². The van der Waals surface area contributed by atoms with E-state index < -0.39 is 12.6 Å². The number of carbonyl (C=O) groups excluding carboxylic acids is 1. The first-order valence-corrected chi connectivity index (χ1v) is 10.8. The van der Waals surface area contributed by atoms with E-state index in [0.717, 1.165) is 24.8 Å². The molecule has 0 spiro atoms. The first-order chi connectivity index (χ1) is 13.6. The highest BCUT2D eigenvalue weighted by Gasteiger charge is 2.42. The van der Waals surface area contributed by atoms with Crippen molar-refractivity contribution in [2.75, 3.05) is 6.61 Å². The Morgan fingerprint density at radius 2 is 2.03 bits per heavy atom. The molecule has 0 aromatic heterocycles. The summed E-state index contributed by atoms with van der Waals surface area (Å²) in [5.41, 5.74) is 1.95. The minimum absolute atomic E-state index is 0.0182. The molecule has 2 rings (SSSR count). The average Bonchev–Trinajstić information content (AvgIpc) is 2.67. The number of hydrogen-bond donors (Lipinski definition) is 1. The molecule has 0 aliphatic heterocycles. The van der Waals surface area contributed by atoms with Crippen LogP contribution in [0.1, 0.15) is 58.9 Å². The monoisotopic (exact) mass is 440 g/mol. The number of Topliss-reactive ketones (excluding diaryl/α,β-unsaturated/α-hetero) is 1. The van der Waals surface area contributed by atoms with Crippen molar-refractivity contribution in [3.05, 3.63) is 39.4 Å². The van der Waals surface area contributed by atoms with Crippen LogP contribution >= 0.6 is 23.2 Å². The lowest BCUT2D eigenvalue weighted by Crippen LogP contribution is -2.41. The number of halogens is 2. The van der Waals surface area contributed by atoms with Gasteiger partial charge in [0, 0.05) is 17.4 Å². The molecule has 0 saturated heterocycles. The zero-order valence-electron chi connectivity index (χ0n) is 17.6. The summed E-state index contributed by atoms with van der Waals surface area (Å²) in [5.74, 6) is 0.242. The van der Waals surface area contributed by atoms with E-state index in [2.05, 4.69) is 33.8 Å². The fraction of sp³-hybridized carbons (Fsp3) is 0.565. The highest BCUT2D eigenvalue weighted by molar-refractivity contribution is 6.37. The van der Waals surface area contributed by atoms with Gasteiger partial charge in [0.1, 0.15) is 11.5 Å². The van der Waals surface area contributed by atoms with Crippen molar-refractivity contribution in [3.63, 3.8) is 0 Å². The first-order valence-electron chi connectivity index (χ1n) is 10.1. The van der Waals surface area contributed by atoms with Gasteiger partial charge in [-0.1, -0.05) is 55.6 Å². The van der Waals surface area contributed by atoms with Gasteiger partial charge in [0.05, 0.1) is 5.02 Å². The number of hydrogen-bond acceptors (Lipinski definition) is 3. The third kappa shape index (κ3) is 5.76. The maximum atomic E-state index is 12.2. The summed E-state index contributed by atoms with van der Waals surface area (Å²) in [6.07, 6.45) is 6.17. The zero-order chi connectivity index (χ0) is 21.8. The number of carboxylic acid groups (broad SMARTS) is 1. The molecule has 4 nitrogen and oxygen atoms in total. The van der Waals surface area contributed by atoms with Gasteiger partial charge in [-0.2, -0.15) is 0 Å². The van der Waals surface area contributed by atoms with E-state index >= 15 is 0 Å². The molecule has 1 aromatic carbocycles. The second kappa shape index (κ2) is 9.99. The van der Waals surface area contributed by atoms with Crippen LogP contribution in [0.4, 0.5) is 0 Å². The number of allylic oxidation sites excluding steroid dienone is 2. The summed E-state index contributed by atoms with van der Waals surface area (Å²) in [5, 5.41) is 9.65. The van der Waals surface area contributed by atoms with Crippen LogP contribution in [0.25, 0.3) is 0 Å². The Morgan fingerprint density at radius 1 is 1.34 bits per heavy atom. The molecule has 1 aliphatic rings. The summed E-state index contributed by atoms with van der Waals surface area (Å²) in [7, 11) is 0. The normalized spacial score (nSPS) is 25.2. The molecule has 160 valence electrons. The van der Waals surface area contributed by atoms with Crippen LogP contribution < -0.4 is 4.74 Å². The molecule has 6 heteroatoms. The van der Waals surface area contributed by atoms with E-state index in [1.54, 1.807) is 12.1 Å². The summed E-state index contributed by atoms with van der Waals surface area (Å²) < 4.78 is 5.23. The Hall–Kier alpha value is -1.52. The first kappa shape index (κ1) is 23.8. The summed E-state index contributed by atoms with van der Waals surface area (Å²) >= 11 is 12.7. The summed E-state index contributed by atoms with van der Waals surface area (Å²) in [4.78, 5) is 22.9. The molecule has 0 bridgehead atoms. The molecule has 1 saturated carbocycles. The lowest BCUT2D eigenvalue weighted by molar-refractivity contribution is -0.139. The van der Waals surface area contributed by atoms with E-state index in [9.17, 15) is 9.59 Å². The van der Waals surface area contributed by atoms with Crippen LogP contribution in [0, 0.1) is 17.3 Å². The molecule has 0 amide bonds. The number of carbonyl (C=O) groups is 2. The van der Waals surface area contributed by atoms with Crippen LogP contribution in [0.5, 0.6) is 5.75 Å². The van der Waals surface area contributed by atoms with Gasteiger partial charge in [-0.25, -0.2) is 4.79 Å².